The number of methoxy groups -OCH3 is 1. The normalized spacial score (nSPS) is 22.4. The Morgan fingerprint density at radius 3 is 2.82 bits per heavy atom. The van der Waals surface area contributed by atoms with E-state index in [4.69, 9.17) is 9.47 Å². The van der Waals surface area contributed by atoms with E-state index >= 15 is 0 Å². The summed E-state index contributed by atoms with van der Waals surface area (Å²) < 4.78 is 11.5. The topological polar surface area (TPSA) is 50.8 Å². The van der Waals surface area contributed by atoms with Gasteiger partial charge in [0.25, 0.3) is 0 Å². The number of ether oxygens (including phenoxy) is 2. The molecular formula is C17H16N2O3. The second-order valence-corrected chi connectivity index (χ2v) is 5.41. The Morgan fingerprint density at radius 1 is 1.23 bits per heavy atom. The van der Waals surface area contributed by atoms with Gasteiger partial charge in [-0.25, -0.2) is 4.79 Å². The van der Waals surface area contributed by atoms with E-state index in [0.717, 1.165) is 11.3 Å². The molecule has 2 atom stereocenters. The monoisotopic (exact) mass is 296 g/mol. The van der Waals surface area contributed by atoms with Gasteiger partial charge in [-0.15, -0.1) is 0 Å². The average Bonchev–Trinajstić information content (AvgIpc) is 2.97. The van der Waals surface area contributed by atoms with Gasteiger partial charge in [0.1, 0.15) is 17.6 Å². The third-order valence-corrected chi connectivity index (χ3v) is 4.17. The van der Waals surface area contributed by atoms with Crippen molar-refractivity contribution >= 4 is 11.7 Å². The SMILES string of the molecule is COc1ccc2c(c1)N1C(=O)NCC1C(c1ccccc1)O2. The molecule has 0 saturated carbocycles. The molecule has 0 radical (unpaired) electrons. The molecule has 5 heteroatoms. The van der Waals surface area contributed by atoms with E-state index in [1.54, 1.807) is 12.0 Å². The zero-order chi connectivity index (χ0) is 15.1. The maximum Gasteiger partial charge on any atom is 0.322 e. The summed E-state index contributed by atoms with van der Waals surface area (Å²) in [5.74, 6) is 1.40. The van der Waals surface area contributed by atoms with E-state index in [9.17, 15) is 4.79 Å². The van der Waals surface area contributed by atoms with Gasteiger partial charge in [-0.2, -0.15) is 0 Å². The van der Waals surface area contributed by atoms with Gasteiger partial charge in [0.2, 0.25) is 0 Å². The summed E-state index contributed by atoms with van der Waals surface area (Å²) in [5, 5.41) is 2.91. The lowest BCUT2D eigenvalue weighted by Gasteiger charge is -2.37. The Morgan fingerprint density at radius 2 is 2.05 bits per heavy atom. The molecule has 4 rings (SSSR count). The van der Waals surface area contributed by atoms with Gasteiger partial charge in [0.15, 0.2) is 0 Å². The zero-order valence-electron chi connectivity index (χ0n) is 12.2. The smallest absolute Gasteiger partial charge is 0.322 e. The maximum atomic E-state index is 12.3. The Hall–Kier alpha value is -2.69. The van der Waals surface area contributed by atoms with Gasteiger partial charge in [0.05, 0.1) is 18.8 Å². The minimum Gasteiger partial charge on any atom is -0.497 e. The van der Waals surface area contributed by atoms with E-state index in [1.165, 1.54) is 0 Å². The van der Waals surface area contributed by atoms with Crippen LogP contribution in [-0.4, -0.2) is 25.7 Å². The highest BCUT2D eigenvalue weighted by atomic mass is 16.5. The second kappa shape index (κ2) is 4.94. The van der Waals surface area contributed by atoms with Crippen molar-refractivity contribution in [3.05, 3.63) is 54.1 Å². The Labute approximate surface area is 128 Å². The number of nitrogens with one attached hydrogen (secondary N) is 1. The number of anilines is 1. The van der Waals surface area contributed by atoms with Crippen molar-refractivity contribution in [3.63, 3.8) is 0 Å². The molecule has 0 aromatic heterocycles. The van der Waals surface area contributed by atoms with Crippen LogP contribution in [0.25, 0.3) is 0 Å². The van der Waals surface area contributed by atoms with Crippen LogP contribution in [0.4, 0.5) is 10.5 Å². The van der Waals surface area contributed by atoms with Crippen LogP contribution in [0.2, 0.25) is 0 Å². The molecule has 0 spiro atoms. The lowest BCUT2D eigenvalue weighted by atomic mass is 9.99. The Bertz CT molecular complexity index is 717. The fourth-order valence-corrected chi connectivity index (χ4v) is 3.11. The number of rotatable bonds is 2. The van der Waals surface area contributed by atoms with Crippen LogP contribution < -0.4 is 19.7 Å². The largest absolute Gasteiger partial charge is 0.497 e. The quantitative estimate of drug-likeness (QED) is 0.927. The Balaban J connectivity index is 1.81. The van der Waals surface area contributed by atoms with Gasteiger partial charge in [-0.3, -0.25) is 4.90 Å². The number of nitrogens with zero attached hydrogens (tertiary/aromatic N) is 1. The fourth-order valence-electron chi connectivity index (χ4n) is 3.11. The fraction of sp³-hybridized carbons (Fsp3) is 0.235. The highest BCUT2D eigenvalue weighted by Gasteiger charge is 2.44. The van der Waals surface area contributed by atoms with Crippen molar-refractivity contribution in [1.82, 2.24) is 5.32 Å². The molecule has 1 saturated heterocycles. The molecule has 112 valence electrons. The number of carbonyl (C=O) groups excluding carboxylic acids is 1. The summed E-state index contributed by atoms with van der Waals surface area (Å²) in [6.07, 6.45) is -0.180. The number of urea groups is 1. The van der Waals surface area contributed by atoms with Gasteiger partial charge in [-0.05, 0) is 17.7 Å². The molecular weight excluding hydrogens is 280 g/mol. The molecule has 2 aromatic rings. The predicted molar refractivity (Wildman–Crippen MR) is 82.5 cm³/mol. The van der Waals surface area contributed by atoms with E-state index in [1.807, 2.05) is 48.5 Å². The first-order valence-electron chi connectivity index (χ1n) is 7.24. The number of carbonyl (C=O) groups is 1. The maximum absolute atomic E-state index is 12.3. The molecule has 22 heavy (non-hydrogen) atoms. The Kier molecular flexibility index (Phi) is 2.92. The second-order valence-electron chi connectivity index (χ2n) is 5.41. The molecule has 2 amide bonds. The minimum absolute atomic E-state index is 0.0606. The van der Waals surface area contributed by atoms with Crippen LogP contribution in [-0.2, 0) is 0 Å². The van der Waals surface area contributed by atoms with Gasteiger partial charge >= 0.3 is 6.03 Å². The molecule has 2 heterocycles. The van der Waals surface area contributed by atoms with Crippen LogP contribution >= 0.6 is 0 Å². The van der Waals surface area contributed by atoms with E-state index in [0.29, 0.717) is 18.0 Å². The summed E-state index contributed by atoms with van der Waals surface area (Å²) in [6, 6.07) is 15.4. The third kappa shape index (κ3) is 1.89. The molecule has 2 aliphatic heterocycles. The first-order valence-corrected chi connectivity index (χ1v) is 7.24. The molecule has 2 unspecified atom stereocenters. The summed E-state index contributed by atoms with van der Waals surface area (Å²) in [6.45, 7) is 0.565. The summed E-state index contributed by atoms with van der Waals surface area (Å²) >= 11 is 0. The minimum atomic E-state index is -0.180. The predicted octanol–water partition coefficient (Wildman–Crippen LogP) is 2.73. The van der Waals surface area contributed by atoms with E-state index in [2.05, 4.69) is 5.32 Å². The third-order valence-electron chi connectivity index (χ3n) is 4.17. The number of hydrogen-bond donors (Lipinski definition) is 1. The molecule has 2 aromatic carbocycles. The molecule has 5 nitrogen and oxygen atoms in total. The molecule has 1 fully saturated rings. The van der Waals surface area contributed by atoms with Crippen LogP contribution in [0.1, 0.15) is 11.7 Å². The standard InChI is InChI=1S/C17H16N2O3/c1-21-12-7-8-15-13(9-12)19-14(10-18-17(19)20)16(22-15)11-5-3-2-4-6-11/h2-9,14,16H,10H2,1H3,(H,18,20). The van der Waals surface area contributed by atoms with Crippen molar-refractivity contribution in [1.29, 1.82) is 0 Å². The highest BCUT2D eigenvalue weighted by molar-refractivity contribution is 5.97. The molecule has 1 N–H and O–H groups in total. The van der Waals surface area contributed by atoms with E-state index in [-0.39, 0.29) is 18.2 Å². The van der Waals surface area contributed by atoms with Crippen molar-refractivity contribution < 1.29 is 14.3 Å². The van der Waals surface area contributed by atoms with Gasteiger partial charge in [0, 0.05) is 12.6 Å². The first kappa shape index (κ1) is 13.0. The van der Waals surface area contributed by atoms with Gasteiger partial charge < -0.3 is 14.8 Å². The zero-order valence-corrected chi connectivity index (χ0v) is 12.2. The van der Waals surface area contributed by atoms with Gasteiger partial charge in [-0.1, -0.05) is 30.3 Å². The van der Waals surface area contributed by atoms with Crippen molar-refractivity contribution in [2.45, 2.75) is 12.1 Å². The lowest BCUT2D eigenvalue weighted by molar-refractivity contribution is 0.165. The van der Waals surface area contributed by atoms with Crippen molar-refractivity contribution in [3.8, 4) is 11.5 Å². The number of amides is 2. The number of benzene rings is 2. The summed E-state index contributed by atoms with van der Waals surface area (Å²) in [7, 11) is 1.61. The highest BCUT2D eigenvalue weighted by Crippen LogP contribution is 2.44. The molecule has 2 aliphatic rings. The number of fused-ring (bicyclic) bond motifs is 3. The first-order chi connectivity index (χ1) is 10.8. The summed E-state index contributed by atoms with van der Waals surface area (Å²) in [5.41, 5.74) is 1.82. The summed E-state index contributed by atoms with van der Waals surface area (Å²) in [4.78, 5) is 14.0. The number of hydrogen-bond acceptors (Lipinski definition) is 3. The van der Waals surface area contributed by atoms with Crippen molar-refractivity contribution in [2.75, 3.05) is 18.6 Å². The van der Waals surface area contributed by atoms with Crippen molar-refractivity contribution in [2.24, 2.45) is 0 Å². The van der Waals surface area contributed by atoms with E-state index < -0.39 is 0 Å². The van der Waals surface area contributed by atoms with Crippen LogP contribution in [0.3, 0.4) is 0 Å². The van der Waals surface area contributed by atoms with Crippen LogP contribution in [0.5, 0.6) is 11.5 Å². The molecule has 0 bridgehead atoms. The molecule has 0 aliphatic carbocycles. The lowest BCUT2D eigenvalue weighted by Crippen LogP contribution is -2.43. The average molecular weight is 296 g/mol. The van der Waals surface area contributed by atoms with Crippen LogP contribution in [0.15, 0.2) is 48.5 Å². The van der Waals surface area contributed by atoms with Crippen LogP contribution in [0, 0.1) is 0 Å².